The molecule has 0 spiro atoms. The number of hydrogen-bond acceptors (Lipinski definition) is 4. The minimum absolute atomic E-state index is 0.185. The lowest BCUT2D eigenvalue weighted by Gasteiger charge is -2.21. The number of aryl methyl sites for hydroxylation is 1. The Morgan fingerprint density at radius 1 is 1.56 bits per heavy atom. The lowest BCUT2D eigenvalue weighted by Crippen LogP contribution is -2.44. The Morgan fingerprint density at radius 3 is 2.94 bits per heavy atom. The summed E-state index contributed by atoms with van der Waals surface area (Å²) in [6.07, 6.45) is 0.613. The zero-order valence-electron chi connectivity index (χ0n) is 10.2. The number of amides is 1. The highest BCUT2D eigenvalue weighted by Gasteiger charge is 2.31. The molecule has 0 aliphatic carbocycles. The Bertz CT molecular complexity index is 504. The first-order valence-electron chi connectivity index (χ1n) is 5.91. The van der Waals surface area contributed by atoms with Crippen LogP contribution in [0, 0.1) is 6.92 Å². The molecule has 0 aromatic carbocycles. The number of carbonyl (C=O) groups excluding carboxylic acids is 1. The van der Waals surface area contributed by atoms with Gasteiger partial charge < -0.3 is 20.7 Å². The summed E-state index contributed by atoms with van der Waals surface area (Å²) in [5.41, 5.74) is -0.243. The molecule has 1 aliphatic heterocycles. The van der Waals surface area contributed by atoms with Crippen molar-refractivity contribution in [3.63, 3.8) is 0 Å². The molecule has 1 aromatic rings. The maximum absolute atomic E-state index is 11.9. The van der Waals surface area contributed by atoms with Gasteiger partial charge >= 0.3 is 0 Å². The second kappa shape index (κ2) is 4.91. The predicted octanol–water partition coefficient (Wildman–Crippen LogP) is -0.862. The maximum Gasteiger partial charge on any atom is 0.251 e. The van der Waals surface area contributed by atoms with Crippen LogP contribution in [0.5, 0.6) is 0 Å². The Kier molecular flexibility index (Phi) is 3.49. The number of aromatic nitrogens is 1. The average Bonchev–Trinajstić information content (AvgIpc) is 2.72. The predicted molar refractivity (Wildman–Crippen MR) is 66.6 cm³/mol. The fraction of sp³-hybridized carbons (Fsp3) is 0.500. The molecule has 18 heavy (non-hydrogen) atoms. The largest absolute Gasteiger partial charge is 0.387 e. The highest BCUT2D eigenvalue weighted by atomic mass is 16.3. The summed E-state index contributed by atoms with van der Waals surface area (Å²) in [6.45, 7) is 3.12. The summed E-state index contributed by atoms with van der Waals surface area (Å²) in [5, 5.41) is 15.7. The van der Waals surface area contributed by atoms with Crippen LogP contribution in [0.25, 0.3) is 0 Å². The molecule has 1 saturated heterocycles. The van der Waals surface area contributed by atoms with Gasteiger partial charge in [-0.05, 0) is 26.0 Å². The summed E-state index contributed by atoms with van der Waals surface area (Å²) in [7, 11) is 0. The van der Waals surface area contributed by atoms with E-state index in [1.165, 1.54) is 6.07 Å². The molecule has 0 radical (unpaired) electrons. The fourth-order valence-electron chi connectivity index (χ4n) is 2.04. The van der Waals surface area contributed by atoms with Gasteiger partial charge in [-0.25, -0.2) is 0 Å². The minimum Gasteiger partial charge on any atom is -0.387 e. The summed E-state index contributed by atoms with van der Waals surface area (Å²) < 4.78 is 0. The van der Waals surface area contributed by atoms with Crippen LogP contribution in [0.4, 0.5) is 0 Å². The zero-order valence-corrected chi connectivity index (χ0v) is 10.2. The first kappa shape index (κ1) is 12.8. The Balaban J connectivity index is 2.01. The van der Waals surface area contributed by atoms with E-state index in [9.17, 15) is 14.7 Å². The molecule has 6 nitrogen and oxygen atoms in total. The van der Waals surface area contributed by atoms with Crippen molar-refractivity contribution >= 4 is 5.91 Å². The number of nitrogens with one attached hydrogen (secondary N) is 3. The van der Waals surface area contributed by atoms with Crippen molar-refractivity contribution in [1.82, 2.24) is 15.6 Å². The molecule has 2 heterocycles. The first-order valence-corrected chi connectivity index (χ1v) is 5.91. The molecule has 2 rings (SSSR count). The minimum atomic E-state index is -0.883. The van der Waals surface area contributed by atoms with Gasteiger partial charge in [0.15, 0.2) is 0 Å². The van der Waals surface area contributed by atoms with Crippen LogP contribution in [0.15, 0.2) is 16.9 Å². The first-order chi connectivity index (χ1) is 8.48. The molecular weight excluding hydrogens is 234 g/mol. The fourth-order valence-corrected chi connectivity index (χ4v) is 2.04. The molecule has 1 atom stereocenters. The highest BCUT2D eigenvalue weighted by Crippen LogP contribution is 2.12. The van der Waals surface area contributed by atoms with E-state index in [1.807, 2.05) is 0 Å². The van der Waals surface area contributed by atoms with Gasteiger partial charge in [0, 0.05) is 30.4 Å². The van der Waals surface area contributed by atoms with Crippen LogP contribution in [-0.4, -0.2) is 41.2 Å². The summed E-state index contributed by atoms with van der Waals surface area (Å²) in [5.74, 6) is -0.343. The van der Waals surface area contributed by atoms with Gasteiger partial charge in [0.2, 0.25) is 5.56 Å². The van der Waals surface area contributed by atoms with Gasteiger partial charge in [0.05, 0.1) is 5.60 Å². The second-order valence-corrected chi connectivity index (χ2v) is 4.75. The summed E-state index contributed by atoms with van der Waals surface area (Å²) in [4.78, 5) is 25.7. The third kappa shape index (κ3) is 2.96. The van der Waals surface area contributed by atoms with Crippen molar-refractivity contribution in [2.24, 2.45) is 0 Å². The number of carbonyl (C=O) groups is 1. The van der Waals surface area contributed by atoms with Crippen LogP contribution in [0.2, 0.25) is 0 Å². The van der Waals surface area contributed by atoms with Gasteiger partial charge in [0.25, 0.3) is 5.91 Å². The van der Waals surface area contributed by atoms with Crippen molar-refractivity contribution in [2.45, 2.75) is 18.9 Å². The number of H-pyrrole nitrogens is 1. The Morgan fingerprint density at radius 2 is 2.33 bits per heavy atom. The monoisotopic (exact) mass is 251 g/mol. The Hall–Kier alpha value is -1.66. The zero-order chi connectivity index (χ0) is 13.2. The molecule has 0 bridgehead atoms. The van der Waals surface area contributed by atoms with E-state index >= 15 is 0 Å². The van der Waals surface area contributed by atoms with Gasteiger partial charge in [0.1, 0.15) is 0 Å². The van der Waals surface area contributed by atoms with Crippen LogP contribution in [-0.2, 0) is 0 Å². The second-order valence-electron chi connectivity index (χ2n) is 4.75. The van der Waals surface area contributed by atoms with E-state index in [0.29, 0.717) is 24.2 Å². The average molecular weight is 251 g/mol. The van der Waals surface area contributed by atoms with Crippen molar-refractivity contribution in [3.8, 4) is 0 Å². The summed E-state index contributed by atoms with van der Waals surface area (Å²) >= 11 is 0. The van der Waals surface area contributed by atoms with Crippen molar-refractivity contribution in [2.75, 3.05) is 19.6 Å². The highest BCUT2D eigenvalue weighted by molar-refractivity contribution is 5.94. The number of rotatable bonds is 3. The van der Waals surface area contributed by atoms with Crippen LogP contribution < -0.4 is 16.2 Å². The number of β-amino-alcohol motifs (C(OH)–C–C–N with tert-alkyl or cyclic N) is 1. The standard InChI is InChI=1S/C12H17N3O3/c1-8-4-9(5-10(16)15-8)11(17)14-7-12(18)2-3-13-6-12/h4-5,13,18H,2-3,6-7H2,1H3,(H,14,17)(H,15,16)/t12-/m0/s1. The van der Waals surface area contributed by atoms with Crippen LogP contribution >= 0.6 is 0 Å². The van der Waals surface area contributed by atoms with Crippen molar-refractivity contribution in [1.29, 1.82) is 0 Å². The van der Waals surface area contributed by atoms with E-state index in [1.54, 1.807) is 13.0 Å². The molecule has 1 fully saturated rings. The molecule has 1 aromatic heterocycles. The molecule has 4 N–H and O–H groups in total. The number of pyridine rings is 1. The molecule has 0 saturated carbocycles. The molecule has 1 aliphatic rings. The number of aliphatic hydroxyl groups is 1. The van der Waals surface area contributed by atoms with E-state index in [-0.39, 0.29) is 18.0 Å². The number of hydrogen-bond donors (Lipinski definition) is 4. The maximum atomic E-state index is 11.9. The van der Waals surface area contributed by atoms with Crippen molar-refractivity contribution in [3.05, 3.63) is 33.7 Å². The SMILES string of the molecule is Cc1cc(C(=O)NC[C@]2(O)CCNC2)cc(=O)[nH]1. The summed E-state index contributed by atoms with van der Waals surface area (Å²) in [6, 6.07) is 2.85. The lowest BCUT2D eigenvalue weighted by atomic mass is 10.0. The third-order valence-electron chi connectivity index (χ3n) is 3.04. The quantitative estimate of drug-likeness (QED) is 0.562. The van der Waals surface area contributed by atoms with E-state index in [4.69, 9.17) is 0 Å². The van der Waals surface area contributed by atoms with E-state index in [0.717, 1.165) is 6.54 Å². The molecule has 1 amide bonds. The van der Waals surface area contributed by atoms with Crippen molar-refractivity contribution < 1.29 is 9.90 Å². The van der Waals surface area contributed by atoms with Gasteiger partial charge in [-0.1, -0.05) is 0 Å². The smallest absolute Gasteiger partial charge is 0.251 e. The Labute approximate surface area is 104 Å². The van der Waals surface area contributed by atoms with Gasteiger partial charge in [-0.3, -0.25) is 9.59 Å². The third-order valence-corrected chi connectivity index (χ3v) is 3.04. The van der Waals surface area contributed by atoms with E-state index < -0.39 is 5.60 Å². The van der Waals surface area contributed by atoms with Crippen LogP contribution in [0.1, 0.15) is 22.5 Å². The molecular formula is C12H17N3O3. The van der Waals surface area contributed by atoms with Crippen LogP contribution in [0.3, 0.4) is 0 Å². The topological polar surface area (TPSA) is 94.2 Å². The van der Waals surface area contributed by atoms with Gasteiger partial charge in [-0.2, -0.15) is 0 Å². The molecule has 98 valence electrons. The normalized spacial score (nSPS) is 23.0. The lowest BCUT2D eigenvalue weighted by molar-refractivity contribution is 0.0562. The van der Waals surface area contributed by atoms with E-state index in [2.05, 4.69) is 15.6 Å². The number of aromatic amines is 1. The molecule has 6 heteroatoms. The van der Waals surface area contributed by atoms with Gasteiger partial charge in [-0.15, -0.1) is 0 Å². The molecule has 0 unspecified atom stereocenters.